The smallest absolute Gasteiger partial charge is 0.356 e. The van der Waals surface area contributed by atoms with Crippen molar-refractivity contribution in [3.05, 3.63) is 18.7 Å². The van der Waals surface area contributed by atoms with E-state index in [0.717, 1.165) is 0 Å². The molecule has 0 unspecified atom stereocenters. The van der Waals surface area contributed by atoms with Crippen LogP contribution in [0.3, 0.4) is 0 Å². The van der Waals surface area contributed by atoms with Crippen LogP contribution >= 0.6 is 0 Å². The van der Waals surface area contributed by atoms with Crippen molar-refractivity contribution >= 4 is 5.96 Å². The van der Waals surface area contributed by atoms with Crippen LogP contribution in [0.15, 0.2) is 23.7 Å². The van der Waals surface area contributed by atoms with E-state index in [9.17, 15) is 13.2 Å². The summed E-state index contributed by atoms with van der Waals surface area (Å²) in [5, 5.41) is 5.52. The molecule has 1 aromatic heterocycles. The molecule has 0 radical (unpaired) electrons. The molecule has 0 amide bonds. The van der Waals surface area contributed by atoms with Crippen molar-refractivity contribution in [1.82, 2.24) is 20.2 Å². The van der Waals surface area contributed by atoms with Crippen LogP contribution in [-0.4, -0.2) is 41.8 Å². The van der Waals surface area contributed by atoms with Gasteiger partial charge in [-0.1, -0.05) is 0 Å². The van der Waals surface area contributed by atoms with Crippen molar-refractivity contribution in [2.45, 2.75) is 19.1 Å². The number of rotatable bonds is 5. The first-order valence-corrected chi connectivity index (χ1v) is 5.48. The van der Waals surface area contributed by atoms with Crippen molar-refractivity contribution in [2.24, 2.45) is 4.99 Å². The van der Waals surface area contributed by atoms with Crippen LogP contribution < -0.4 is 10.6 Å². The number of guanidine groups is 1. The molecule has 0 bridgehead atoms. The van der Waals surface area contributed by atoms with E-state index in [0.29, 0.717) is 19.0 Å². The zero-order valence-corrected chi connectivity index (χ0v) is 10.0. The van der Waals surface area contributed by atoms with Crippen LogP contribution in [0.25, 0.3) is 0 Å². The fourth-order valence-corrected chi connectivity index (χ4v) is 1.27. The Morgan fingerprint density at radius 1 is 1.33 bits per heavy atom. The Morgan fingerprint density at radius 3 is 2.61 bits per heavy atom. The van der Waals surface area contributed by atoms with Gasteiger partial charge in [-0.15, -0.1) is 0 Å². The summed E-state index contributed by atoms with van der Waals surface area (Å²) in [6.45, 7) is 1.04. The van der Waals surface area contributed by atoms with Gasteiger partial charge in [-0.2, -0.15) is 13.2 Å². The third-order valence-electron chi connectivity index (χ3n) is 2.15. The predicted molar refractivity (Wildman–Crippen MR) is 62.3 cm³/mol. The molecule has 0 aliphatic rings. The normalized spacial score (nSPS) is 12.6. The standard InChI is InChI=1S/C10H16F3N5/c1-14-9(16-3-2-10(11,12)13)17-5-7-18-6-4-15-8-18/h4,6,8H,2-3,5,7H2,1H3,(H2,14,16,17). The number of imidazole rings is 1. The average Bonchev–Trinajstić information content (AvgIpc) is 2.78. The highest BCUT2D eigenvalue weighted by molar-refractivity contribution is 5.79. The summed E-state index contributed by atoms with van der Waals surface area (Å²) in [7, 11) is 1.51. The van der Waals surface area contributed by atoms with Gasteiger partial charge in [-0.25, -0.2) is 4.98 Å². The molecule has 2 N–H and O–H groups in total. The molecule has 0 saturated carbocycles. The number of hydrogen-bond acceptors (Lipinski definition) is 2. The summed E-state index contributed by atoms with van der Waals surface area (Å²) in [5.74, 6) is 0.361. The van der Waals surface area contributed by atoms with Crippen molar-refractivity contribution < 1.29 is 13.2 Å². The Bertz CT molecular complexity index is 358. The Hall–Kier alpha value is -1.73. The van der Waals surface area contributed by atoms with Crippen LogP contribution in [0, 0.1) is 0 Å². The quantitative estimate of drug-likeness (QED) is 0.615. The summed E-state index contributed by atoms with van der Waals surface area (Å²) in [5.41, 5.74) is 0. The third kappa shape index (κ3) is 6.12. The summed E-state index contributed by atoms with van der Waals surface area (Å²) in [6.07, 6.45) is 0.108. The zero-order valence-electron chi connectivity index (χ0n) is 10.0. The van der Waals surface area contributed by atoms with Crippen LogP contribution in [0.4, 0.5) is 13.2 Å². The molecular formula is C10H16F3N5. The van der Waals surface area contributed by atoms with E-state index in [2.05, 4.69) is 20.6 Å². The highest BCUT2D eigenvalue weighted by Gasteiger charge is 2.26. The van der Waals surface area contributed by atoms with Gasteiger partial charge >= 0.3 is 6.18 Å². The lowest BCUT2D eigenvalue weighted by molar-refractivity contribution is -0.132. The lowest BCUT2D eigenvalue weighted by Crippen LogP contribution is -2.40. The second kappa shape index (κ2) is 6.87. The van der Waals surface area contributed by atoms with E-state index in [1.165, 1.54) is 7.05 Å². The number of hydrogen-bond donors (Lipinski definition) is 2. The third-order valence-corrected chi connectivity index (χ3v) is 2.15. The van der Waals surface area contributed by atoms with Crippen molar-refractivity contribution in [3.8, 4) is 0 Å². The minimum atomic E-state index is -4.15. The van der Waals surface area contributed by atoms with E-state index in [1.807, 2.05) is 10.8 Å². The second-order valence-corrected chi connectivity index (χ2v) is 3.59. The Balaban J connectivity index is 2.18. The highest BCUT2D eigenvalue weighted by Crippen LogP contribution is 2.17. The van der Waals surface area contributed by atoms with Gasteiger partial charge < -0.3 is 15.2 Å². The van der Waals surface area contributed by atoms with Crippen LogP contribution in [0.2, 0.25) is 0 Å². The van der Waals surface area contributed by atoms with Crippen LogP contribution in [0.5, 0.6) is 0 Å². The topological polar surface area (TPSA) is 54.2 Å². The molecule has 8 heteroatoms. The van der Waals surface area contributed by atoms with Gasteiger partial charge in [0, 0.05) is 39.1 Å². The largest absolute Gasteiger partial charge is 0.390 e. The molecule has 0 aliphatic carbocycles. The summed E-state index contributed by atoms with van der Waals surface area (Å²) in [4.78, 5) is 7.71. The van der Waals surface area contributed by atoms with Gasteiger partial charge in [0.25, 0.3) is 0 Å². The SMILES string of the molecule is CN=C(NCCn1ccnc1)NCCC(F)(F)F. The fourth-order valence-electron chi connectivity index (χ4n) is 1.27. The van der Waals surface area contributed by atoms with Gasteiger partial charge in [-0.05, 0) is 0 Å². The van der Waals surface area contributed by atoms with Crippen molar-refractivity contribution in [2.75, 3.05) is 20.1 Å². The first kappa shape index (κ1) is 14.3. The molecule has 0 aliphatic heterocycles. The number of halogens is 3. The van der Waals surface area contributed by atoms with Crippen molar-refractivity contribution in [1.29, 1.82) is 0 Å². The number of aliphatic imine (C=N–C) groups is 1. The molecule has 0 fully saturated rings. The molecule has 1 heterocycles. The lowest BCUT2D eigenvalue weighted by Gasteiger charge is -2.12. The van der Waals surface area contributed by atoms with Gasteiger partial charge in [0.2, 0.25) is 0 Å². The van der Waals surface area contributed by atoms with Gasteiger partial charge in [0.1, 0.15) is 0 Å². The summed E-state index contributed by atoms with van der Waals surface area (Å²) < 4.78 is 37.7. The van der Waals surface area contributed by atoms with Gasteiger partial charge in [0.05, 0.1) is 12.7 Å². The molecule has 0 saturated heterocycles. The predicted octanol–water partition coefficient (Wildman–Crippen LogP) is 1.00. The zero-order chi connectivity index (χ0) is 13.4. The number of nitrogens with one attached hydrogen (secondary N) is 2. The molecule has 18 heavy (non-hydrogen) atoms. The van der Waals surface area contributed by atoms with E-state index < -0.39 is 12.6 Å². The maximum Gasteiger partial charge on any atom is 0.390 e. The number of alkyl halides is 3. The molecular weight excluding hydrogens is 247 g/mol. The van der Waals surface area contributed by atoms with E-state index in [1.54, 1.807) is 12.5 Å². The lowest BCUT2D eigenvalue weighted by atomic mass is 10.4. The van der Waals surface area contributed by atoms with E-state index in [4.69, 9.17) is 0 Å². The molecule has 1 rings (SSSR count). The first-order valence-electron chi connectivity index (χ1n) is 5.48. The molecule has 102 valence electrons. The Kier molecular flexibility index (Phi) is 5.47. The first-order chi connectivity index (χ1) is 8.51. The maximum absolute atomic E-state index is 11.9. The van der Waals surface area contributed by atoms with Gasteiger partial charge in [0.15, 0.2) is 5.96 Å². The van der Waals surface area contributed by atoms with Crippen LogP contribution in [0.1, 0.15) is 6.42 Å². The van der Waals surface area contributed by atoms with E-state index >= 15 is 0 Å². The monoisotopic (exact) mass is 263 g/mol. The van der Waals surface area contributed by atoms with Crippen LogP contribution in [-0.2, 0) is 6.54 Å². The Morgan fingerprint density at radius 2 is 2.06 bits per heavy atom. The minimum absolute atomic E-state index is 0.186. The van der Waals surface area contributed by atoms with Crippen molar-refractivity contribution in [3.63, 3.8) is 0 Å². The Labute approximate surface area is 103 Å². The summed E-state index contributed by atoms with van der Waals surface area (Å²) >= 11 is 0. The molecule has 0 atom stereocenters. The second-order valence-electron chi connectivity index (χ2n) is 3.59. The highest BCUT2D eigenvalue weighted by atomic mass is 19.4. The van der Waals surface area contributed by atoms with Gasteiger partial charge in [-0.3, -0.25) is 4.99 Å². The maximum atomic E-state index is 11.9. The minimum Gasteiger partial charge on any atom is -0.356 e. The number of aromatic nitrogens is 2. The van der Waals surface area contributed by atoms with E-state index in [-0.39, 0.29) is 6.54 Å². The molecule has 1 aromatic rings. The molecule has 0 spiro atoms. The fraction of sp³-hybridized carbons (Fsp3) is 0.600. The average molecular weight is 263 g/mol. The summed E-state index contributed by atoms with van der Waals surface area (Å²) in [6, 6.07) is 0. The molecule has 0 aromatic carbocycles. The number of nitrogens with zero attached hydrogens (tertiary/aromatic N) is 3. The molecule has 5 nitrogen and oxygen atoms in total.